The van der Waals surface area contributed by atoms with Gasteiger partial charge in [-0.1, -0.05) is 30.7 Å². The Balaban J connectivity index is 1.90. The van der Waals surface area contributed by atoms with E-state index in [4.69, 9.17) is 4.74 Å². The molecule has 0 radical (unpaired) electrons. The highest BCUT2D eigenvalue weighted by Crippen LogP contribution is 2.19. The van der Waals surface area contributed by atoms with E-state index in [0.717, 1.165) is 11.1 Å². The zero-order valence-corrected chi connectivity index (χ0v) is 15.3. The molecule has 2 rings (SSSR count). The molecule has 0 aliphatic carbocycles. The van der Waals surface area contributed by atoms with E-state index in [9.17, 15) is 9.59 Å². The SMILES string of the molecule is CCC(=O)c1ccc(OCC(=O)NC(C)c2cc(C)ccc2C)cc1. The molecule has 0 bridgehead atoms. The molecule has 0 fully saturated rings. The highest BCUT2D eigenvalue weighted by atomic mass is 16.5. The average molecular weight is 339 g/mol. The molecule has 2 aromatic rings. The van der Waals surface area contributed by atoms with Gasteiger partial charge in [0.15, 0.2) is 12.4 Å². The predicted molar refractivity (Wildman–Crippen MR) is 99.0 cm³/mol. The minimum Gasteiger partial charge on any atom is -0.484 e. The van der Waals surface area contributed by atoms with Gasteiger partial charge in [-0.05, 0) is 56.2 Å². The normalized spacial score (nSPS) is 11.7. The van der Waals surface area contributed by atoms with E-state index in [1.54, 1.807) is 24.3 Å². The topological polar surface area (TPSA) is 55.4 Å². The first-order valence-corrected chi connectivity index (χ1v) is 8.53. The maximum absolute atomic E-state index is 12.1. The van der Waals surface area contributed by atoms with Gasteiger partial charge in [-0.25, -0.2) is 0 Å². The van der Waals surface area contributed by atoms with E-state index in [0.29, 0.717) is 17.7 Å². The fraction of sp³-hybridized carbons (Fsp3) is 0.333. The Bertz CT molecular complexity index is 750. The first-order valence-electron chi connectivity index (χ1n) is 8.53. The van der Waals surface area contributed by atoms with Crippen molar-refractivity contribution >= 4 is 11.7 Å². The zero-order valence-electron chi connectivity index (χ0n) is 15.3. The summed E-state index contributed by atoms with van der Waals surface area (Å²) in [7, 11) is 0. The third-order valence-electron chi connectivity index (χ3n) is 4.15. The summed E-state index contributed by atoms with van der Waals surface area (Å²) in [5.41, 5.74) is 4.08. The van der Waals surface area contributed by atoms with Crippen LogP contribution in [0, 0.1) is 13.8 Å². The van der Waals surface area contributed by atoms with Crippen molar-refractivity contribution in [3.63, 3.8) is 0 Å². The summed E-state index contributed by atoms with van der Waals surface area (Å²) in [5.74, 6) is 0.482. The standard InChI is InChI=1S/C21H25NO3/c1-5-20(23)17-8-10-18(11-9-17)25-13-21(24)22-16(4)19-12-14(2)6-7-15(19)3/h6-12,16H,5,13H2,1-4H3,(H,22,24). The Morgan fingerprint density at radius 2 is 1.76 bits per heavy atom. The van der Waals surface area contributed by atoms with Crippen LogP contribution in [-0.4, -0.2) is 18.3 Å². The number of nitrogens with one attached hydrogen (secondary N) is 1. The van der Waals surface area contributed by atoms with E-state index in [2.05, 4.69) is 23.5 Å². The summed E-state index contributed by atoms with van der Waals surface area (Å²) < 4.78 is 5.50. The van der Waals surface area contributed by atoms with Crippen molar-refractivity contribution in [1.29, 1.82) is 0 Å². The molecule has 132 valence electrons. The Morgan fingerprint density at radius 3 is 2.40 bits per heavy atom. The van der Waals surface area contributed by atoms with E-state index < -0.39 is 0 Å². The van der Waals surface area contributed by atoms with Crippen LogP contribution in [0.3, 0.4) is 0 Å². The highest BCUT2D eigenvalue weighted by molar-refractivity contribution is 5.95. The van der Waals surface area contributed by atoms with Gasteiger partial charge in [0.1, 0.15) is 5.75 Å². The Hall–Kier alpha value is -2.62. The van der Waals surface area contributed by atoms with E-state index in [1.807, 2.05) is 27.7 Å². The van der Waals surface area contributed by atoms with Gasteiger partial charge in [-0.3, -0.25) is 9.59 Å². The van der Waals surface area contributed by atoms with Gasteiger partial charge in [-0.15, -0.1) is 0 Å². The summed E-state index contributed by atoms with van der Waals surface area (Å²) in [6.45, 7) is 7.80. The molecule has 25 heavy (non-hydrogen) atoms. The number of ketones is 1. The lowest BCUT2D eigenvalue weighted by Crippen LogP contribution is -2.31. The smallest absolute Gasteiger partial charge is 0.258 e. The molecular formula is C21H25NO3. The molecule has 1 atom stereocenters. The summed E-state index contributed by atoms with van der Waals surface area (Å²) in [5, 5.41) is 2.96. The van der Waals surface area contributed by atoms with E-state index >= 15 is 0 Å². The lowest BCUT2D eigenvalue weighted by Gasteiger charge is -2.17. The average Bonchev–Trinajstić information content (AvgIpc) is 2.61. The minimum atomic E-state index is -0.179. The highest BCUT2D eigenvalue weighted by Gasteiger charge is 2.12. The fourth-order valence-corrected chi connectivity index (χ4v) is 2.68. The second-order valence-electron chi connectivity index (χ2n) is 6.24. The summed E-state index contributed by atoms with van der Waals surface area (Å²) in [4.78, 5) is 23.7. The van der Waals surface area contributed by atoms with Crippen molar-refractivity contribution in [3.8, 4) is 5.75 Å². The largest absolute Gasteiger partial charge is 0.484 e. The van der Waals surface area contributed by atoms with Crippen LogP contribution in [0.1, 0.15) is 53.4 Å². The van der Waals surface area contributed by atoms with Crippen LogP contribution < -0.4 is 10.1 Å². The van der Waals surface area contributed by atoms with E-state index in [-0.39, 0.29) is 24.3 Å². The fourth-order valence-electron chi connectivity index (χ4n) is 2.68. The quantitative estimate of drug-likeness (QED) is 0.771. The molecule has 0 saturated heterocycles. The van der Waals surface area contributed by atoms with Crippen molar-refractivity contribution in [2.75, 3.05) is 6.61 Å². The molecule has 0 aromatic heterocycles. The van der Waals surface area contributed by atoms with Crippen molar-refractivity contribution in [2.24, 2.45) is 0 Å². The molecule has 0 heterocycles. The number of ether oxygens (including phenoxy) is 1. The molecular weight excluding hydrogens is 314 g/mol. The number of benzene rings is 2. The number of Topliss-reactive ketones (excluding diaryl/α,β-unsaturated/α-hetero) is 1. The van der Waals surface area contributed by atoms with Crippen molar-refractivity contribution in [2.45, 2.75) is 40.2 Å². The number of hydrogen-bond donors (Lipinski definition) is 1. The van der Waals surface area contributed by atoms with Gasteiger partial charge in [-0.2, -0.15) is 0 Å². The van der Waals surface area contributed by atoms with Gasteiger partial charge < -0.3 is 10.1 Å². The maximum Gasteiger partial charge on any atom is 0.258 e. The van der Waals surface area contributed by atoms with Gasteiger partial charge in [0.2, 0.25) is 0 Å². The van der Waals surface area contributed by atoms with Crippen LogP contribution in [-0.2, 0) is 4.79 Å². The van der Waals surface area contributed by atoms with Crippen LogP contribution in [0.4, 0.5) is 0 Å². The first kappa shape index (κ1) is 18.7. The third-order valence-corrected chi connectivity index (χ3v) is 4.15. The monoisotopic (exact) mass is 339 g/mol. The number of amides is 1. The Kier molecular flexibility index (Phi) is 6.34. The Morgan fingerprint density at radius 1 is 1.08 bits per heavy atom. The predicted octanol–water partition coefficient (Wildman–Crippen LogP) is 4.15. The lowest BCUT2D eigenvalue weighted by atomic mass is 10.00. The second kappa shape index (κ2) is 8.47. The molecule has 4 nitrogen and oxygen atoms in total. The minimum absolute atomic E-state index is 0.0593. The third kappa shape index (κ3) is 5.18. The molecule has 0 saturated carbocycles. The summed E-state index contributed by atoms with van der Waals surface area (Å²) in [6, 6.07) is 13.0. The van der Waals surface area contributed by atoms with Crippen molar-refractivity contribution in [3.05, 3.63) is 64.7 Å². The molecule has 1 amide bonds. The maximum atomic E-state index is 12.1. The van der Waals surface area contributed by atoms with Crippen LogP contribution in [0.2, 0.25) is 0 Å². The number of rotatable bonds is 7. The van der Waals surface area contributed by atoms with Crippen molar-refractivity contribution < 1.29 is 14.3 Å². The van der Waals surface area contributed by atoms with Crippen LogP contribution in [0.15, 0.2) is 42.5 Å². The first-order chi connectivity index (χ1) is 11.9. The molecule has 0 spiro atoms. The van der Waals surface area contributed by atoms with Gasteiger partial charge in [0.25, 0.3) is 5.91 Å². The molecule has 4 heteroatoms. The van der Waals surface area contributed by atoms with Gasteiger partial charge in [0, 0.05) is 12.0 Å². The van der Waals surface area contributed by atoms with Crippen LogP contribution in [0.25, 0.3) is 0 Å². The summed E-state index contributed by atoms with van der Waals surface area (Å²) >= 11 is 0. The molecule has 1 N–H and O–H groups in total. The van der Waals surface area contributed by atoms with E-state index in [1.165, 1.54) is 5.56 Å². The molecule has 0 aliphatic rings. The van der Waals surface area contributed by atoms with Gasteiger partial charge in [0.05, 0.1) is 6.04 Å². The molecule has 1 unspecified atom stereocenters. The number of hydrogen-bond acceptors (Lipinski definition) is 3. The second-order valence-corrected chi connectivity index (χ2v) is 6.24. The molecule has 0 aliphatic heterocycles. The zero-order chi connectivity index (χ0) is 18.4. The lowest BCUT2D eigenvalue weighted by molar-refractivity contribution is -0.123. The number of carbonyl (C=O) groups excluding carboxylic acids is 2. The van der Waals surface area contributed by atoms with Crippen molar-refractivity contribution in [1.82, 2.24) is 5.32 Å². The number of carbonyl (C=O) groups is 2. The summed E-state index contributed by atoms with van der Waals surface area (Å²) in [6.07, 6.45) is 0.471. The Labute approximate surface area is 149 Å². The van der Waals surface area contributed by atoms with Gasteiger partial charge >= 0.3 is 0 Å². The van der Waals surface area contributed by atoms with Crippen LogP contribution >= 0.6 is 0 Å². The molecule has 2 aromatic carbocycles. The van der Waals surface area contributed by atoms with Crippen LogP contribution in [0.5, 0.6) is 5.75 Å². The number of aryl methyl sites for hydroxylation is 2.